The van der Waals surface area contributed by atoms with Gasteiger partial charge in [0.25, 0.3) is 0 Å². The summed E-state index contributed by atoms with van der Waals surface area (Å²) in [7, 11) is 0. The summed E-state index contributed by atoms with van der Waals surface area (Å²) in [5.41, 5.74) is 0. The molecule has 0 amide bonds. The first kappa shape index (κ1) is 9.22. The fraction of sp³-hybridized carbons (Fsp3) is 0.375. The number of aliphatic hydroxyl groups excluding tert-OH is 1. The first-order valence-corrected chi connectivity index (χ1v) is 4.48. The minimum Gasteiger partial charge on any atom is -0.477 e. The molecule has 66 valence electrons. The highest BCUT2D eigenvalue weighted by molar-refractivity contribution is 7.14. The maximum Gasteiger partial charge on any atom is 0.345 e. The molecule has 0 fully saturated rings. The quantitative estimate of drug-likeness (QED) is 0.757. The Morgan fingerprint density at radius 2 is 2.33 bits per heavy atom. The smallest absolute Gasteiger partial charge is 0.345 e. The average molecular weight is 186 g/mol. The zero-order valence-electron chi connectivity index (χ0n) is 6.65. The van der Waals surface area contributed by atoms with Crippen LogP contribution >= 0.6 is 11.3 Å². The maximum atomic E-state index is 10.5. The molecule has 0 spiro atoms. The molecular weight excluding hydrogens is 176 g/mol. The van der Waals surface area contributed by atoms with Crippen molar-refractivity contribution in [2.24, 2.45) is 0 Å². The van der Waals surface area contributed by atoms with E-state index in [1.54, 1.807) is 6.07 Å². The molecule has 4 heteroatoms. The lowest BCUT2D eigenvalue weighted by Crippen LogP contribution is -1.91. The first-order chi connectivity index (χ1) is 5.65. The molecule has 0 bridgehead atoms. The van der Waals surface area contributed by atoms with Gasteiger partial charge in [-0.2, -0.15) is 0 Å². The van der Waals surface area contributed by atoms with Crippen LogP contribution in [0.3, 0.4) is 0 Å². The van der Waals surface area contributed by atoms with Crippen LogP contribution in [0.4, 0.5) is 0 Å². The van der Waals surface area contributed by atoms with Crippen molar-refractivity contribution in [2.45, 2.75) is 19.4 Å². The Hall–Kier alpha value is -0.870. The Kier molecular flexibility index (Phi) is 2.83. The molecule has 3 nitrogen and oxygen atoms in total. The number of carbonyl (C=O) groups is 1. The highest BCUT2D eigenvalue weighted by atomic mass is 32.1. The van der Waals surface area contributed by atoms with E-state index >= 15 is 0 Å². The van der Waals surface area contributed by atoms with Gasteiger partial charge in [-0.05, 0) is 18.6 Å². The fourth-order valence-electron chi connectivity index (χ4n) is 0.848. The summed E-state index contributed by atoms with van der Waals surface area (Å²) in [5.74, 6) is -0.936. The summed E-state index contributed by atoms with van der Waals surface area (Å²) in [6.07, 6.45) is 0.0858. The van der Waals surface area contributed by atoms with Gasteiger partial charge in [-0.3, -0.25) is 0 Å². The number of aromatic carboxylic acids is 1. The number of carboxylic acids is 1. The Morgan fingerprint density at radius 3 is 2.75 bits per heavy atom. The van der Waals surface area contributed by atoms with E-state index in [0.29, 0.717) is 6.42 Å². The van der Waals surface area contributed by atoms with E-state index in [0.717, 1.165) is 16.2 Å². The molecule has 0 radical (unpaired) electrons. The van der Waals surface area contributed by atoms with E-state index in [-0.39, 0.29) is 4.88 Å². The maximum absolute atomic E-state index is 10.5. The zero-order valence-corrected chi connectivity index (χ0v) is 7.47. The van der Waals surface area contributed by atoms with Crippen LogP contribution in [-0.2, 0) is 0 Å². The minimum atomic E-state index is -0.936. The third-order valence-corrected chi connectivity index (χ3v) is 2.73. The van der Waals surface area contributed by atoms with Crippen LogP contribution in [0.2, 0.25) is 0 Å². The normalized spacial score (nSPS) is 12.8. The number of hydrogen-bond acceptors (Lipinski definition) is 3. The summed E-state index contributed by atoms with van der Waals surface area (Å²) >= 11 is 1.12. The van der Waals surface area contributed by atoms with Crippen molar-refractivity contribution >= 4 is 17.3 Å². The van der Waals surface area contributed by atoms with Crippen LogP contribution in [-0.4, -0.2) is 16.2 Å². The molecule has 0 aliphatic rings. The van der Waals surface area contributed by atoms with Crippen molar-refractivity contribution < 1.29 is 15.0 Å². The summed E-state index contributed by atoms with van der Waals surface area (Å²) in [6.45, 7) is 1.85. The number of hydrogen-bond donors (Lipinski definition) is 2. The molecule has 0 saturated carbocycles. The summed E-state index contributed by atoms with van der Waals surface area (Å²) in [6, 6.07) is 3.17. The van der Waals surface area contributed by atoms with Gasteiger partial charge in [0.2, 0.25) is 0 Å². The second-order valence-electron chi connectivity index (χ2n) is 2.43. The predicted molar refractivity (Wildman–Crippen MR) is 46.5 cm³/mol. The zero-order chi connectivity index (χ0) is 9.14. The Bertz CT molecular complexity index is 280. The lowest BCUT2D eigenvalue weighted by molar-refractivity contribution is 0.0702. The molecular formula is C8H10O3S. The molecule has 1 aromatic heterocycles. The molecule has 1 aromatic rings. The average Bonchev–Trinajstić information content (AvgIpc) is 2.51. The van der Waals surface area contributed by atoms with Gasteiger partial charge in [-0.25, -0.2) is 4.79 Å². The van der Waals surface area contributed by atoms with Crippen LogP contribution in [0, 0.1) is 0 Å². The van der Waals surface area contributed by atoms with Crippen LogP contribution in [0.15, 0.2) is 12.1 Å². The first-order valence-electron chi connectivity index (χ1n) is 3.66. The topological polar surface area (TPSA) is 57.5 Å². The lowest BCUT2D eigenvalue weighted by Gasteiger charge is -2.01. The van der Waals surface area contributed by atoms with Crippen molar-refractivity contribution in [3.63, 3.8) is 0 Å². The van der Waals surface area contributed by atoms with Gasteiger partial charge in [0, 0.05) is 4.88 Å². The Balaban J connectivity index is 2.84. The van der Waals surface area contributed by atoms with E-state index in [9.17, 15) is 9.90 Å². The van der Waals surface area contributed by atoms with E-state index < -0.39 is 12.1 Å². The van der Waals surface area contributed by atoms with Crippen molar-refractivity contribution in [3.8, 4) is 0 Å². The van der Waals surface area contributed by atoms with Gasteiger partial charge in [0.15, 0.2) is 0 Å². The van der Waals surface area contributed by atoms with E-state index in [2.05, 4.69) is 0 Å². The molecule has 12 heavy (non-hydrogen) atoms. The van der Waals surface area contributed by atoms with Crippen LogP contribution < -0.4 is 0 Å². The van der Waals surface area contributed by atoms with Gasteiger partial charge >= 0.3 is 5.97 Å². The molecule has 1 unspecified atom stereocenters. The molecule has 0 aromatic carbocycles. The molecule has 1 heterocycles. The van der Waals surface area contributed by atoms with Gasteiger partial charge in [0.1, 0.15) is 4.88 Å². The summed E-state index contributed by atoms with van der Waals surface area (Å²) in [5, 5.41) is 17.9. The van der Waals surface area contributed by atoms with E-state index in [1.807, 2.05) is 6.92 Å². The largest absolute Gasteiger partial charge is 0.477 e. The molecule has 0 aliphatic carbocycles. The van der Waals surface area contributed by atoms with Gasteiger partial charge in [-0.1, -0.05) is 6.92 Å². The Morgan fingerprint density at radius 1 is 1.67 bits per heavy atom. The number of rotatable bonds is 3. The second-order valence-corrected chi connectivity index (χ2v) is 3.55. The summed E-state index contributed by atoms with van der Waals surface area (Å²) in [4.78, 5) is 11.4. The highest BCUT2D eigenvalue weighted by Crippen LogP contribution is 2.24. The van der Waals surface area contributed by atoms with Crippen LogP contribution in [0.5, 0.6) is 0 Å². The van der Waals surface area contributed by atoms with Crippen molar-refractivity contribution in [1.82, 2.24) is 0 Å². The van der Waals surface area contributed by atoms with Gasteiger partial charge < -0.3 is 10.2 Å². The SMILES string of the molecule is CCC(O)c1ccc(C(=O)O)s1. The number of carboxylic acid groups (broad SMARTS) is 1. The van der Waals surface area contributed by atoms with Gasteiger partial charge in [0.05, 0.1) is 6.10 Å². The standard InChI is InChI=1S/C8H10O3S/c1-2-5(9)6-3-4-7(12-6)8(10)11/h3-5,9H,2H2,1H3,(H,10,11). The van der Waals surface area contributed by atoms with E-state index in [4.69, 9.17) is 5.11 Å². The van der Waals surface area contributed by atoms with Gasteiger partial charge in [-0.15, -0.1) is 11.3 Å². The molecule has 0 aliphatic heterocycles. The summed E-state index contributed by atoms with van der Waals surface area (Å²) < 4.78 is 0. The molecule has 1 rings (SSSR count). The van der Waals surface area contributed by atoms with Crippen LogP contribution in [0.25, 0.3) is 0 Å². The molecule has 2 N–H and O–H groups in total. The van der Waals surface area contributed by atoms with Crippen molar-refractivity contribution in [3.05, 3.63) is 21.9 Å². The minimum absolute atomic E-state index is 0.275. The van der Waals surface area contributed by atoms with Crippen molar-refractivity contribution in [1.29, 1.82) is 0 Å². The monoisotopic (exact) mass is 186 g/mol. The van der Waals surface area contributed by atoms with Crippen molar-refractivity contribution in [2.75, 3.05) is 0 Å². The predicted octanol–water partition coefficient (Wildman–Crippen LogP) is 1.89. The third-order valence-electron chi connectivity index (χ3n) is 1.55. The third kappa shape index (κ3) is 1.84. The van der Waals surface area contributed by atoms with E-state index in [1.165, 1.54) is 6.07 Å². The molecule has 1 atom stereocenters. The number of aliphatic hydroxyl groups is 1. The fourth-order valence-corrected chi connectivity index (χ4v) is 1.76. The second kappa shape index (κ2) is 3.69. The lowest BCUT2D eigenvalue weighted by atomic mass is 10.2. The molecule has 0 saturated heterocycles. The number of thiophene rings is 1. The highest BCUT2D eigenvalue weighted by Gasteiger charge is 2.11. The van der Waals surface area contributed by atoms with Crippen LogP contribution in [0.1, 0.15) is 34.0 Å². The Labute approximate surface area is 74.3 Å².